The van der Waals surface area contributed by atoms with Crippen LogP contribution in [-0.2, 0) is 10.5 Å². The number of hydrogen-bond acceptors (Lipinski definition) is 3. The maximum absolute atomic E-state index is 12.4. The summed E-state index contributed by atoms with van der Waals surface area (Å²) in [6, 6.07) is 18.0. The zero-order chi connectivity index (χ0) is 13.0. The average Bonchev–Trinajstić information content (AvgIpc) is 2.47. The Kier molecular flexibility index (Phi) is 3.55. The molecule has 2 aromatic rings. The van der Waals surface area contributed by atoms with E-state index in [0.717, 1.165) is 0 Å². The number of carbonyl (C=O) groups excluding carboxylic acids is 1. The third kappa shape index (κ3) is 2.18. The Labute approximate surface area is 106 Å². The van der Waals surface area contributed by atoms with Crippen molar-refractivity contribution in [3.63, 3.8) is 0 Å². The van der Waals surface area contributed by atoms with Crippen molar-refractivity contribution in [2.45, 2.75) is 5.72 Å². The first kappa shape index (κ1) is 12.5. The molecule has 18 heavy (non-hydrogen) atoms. The van der Waals surface area contributed by atoms with Gasteiger partial charge in [0.25, 0.3) is 0 Å². The van der Waals surface area contributed by atoms with Crippen LogP contribution in [0.25, 0.3) is 0 Å². The number of ether oxygens (including phenoxy) is 1. The summed E-state index contributed by atoms with van der Waals surface area (Å²) in [7, 11) is 1.44. The summed E-state index contributed by atoms with van der Waals surface area (Å²) < 4.78 is 5.27. The van der Waals surface area contributed by atoms with Gasteiger partial charge in [-0.15, -0.1) is 0 Å². The van der Waals surface area contributed by atoms with Gasteiger partial charge in [0, 0.05) is 18.2 Å². The first-order chi connectivity index (χ1) is 8.68. The minimum Gasteiger partial charge on any atom is -0.353 e. The summed E-state index contributed by atoms with van der Waals surface area (Å²) in [6.45, 7) is 0. The number of rotatable bonds is 4. The number of nitrogens with two attached hydrogens (primary N) is 1. The fourth-order valence-electron chi connectivity index (χ4n) is 1.83. The zero-order valence-corrected chi connectivity index (χ0v) is 10.2. The molecule has 0 fully saturated rings. The molecule has 0 aliphatic carbocycles. The largest absolute Gasteiger partial charge is 0.353 e. The lowest BCUT2D eigenvalue weighted by Crippen LogP contribution is -2.46. The van der Waals surface area contributed by atoms with E-state index in [2.05, 4.69) is 0 Å². The van der Waals surface area contributed by atoms with Crippen molar-refractivity contribution in [2.75, 3.05) is 7.11 Å². The minimum absolute atomic E-state index is 0.253. The van der Waals surface area contributed by atoms with Crippen LogP contribution in [0.2, 0.25) is 0 Å². The van der Waals surface area contributed by atoms with Gasteiger partial charge in [-0.2, -0.15) is 0 Å². The van der Waals surface area contributed by atoms with Crippen LogP contribution < -0.4 is 5.73 Å². The van der Waals surface area contributed by atoms with E-state index >= 15 is 0 Å². The van der Waals surface area contributed by atoms with E-state index in [1.165, 1.54) is 7.11 Å². The van der Waals surface area contributed by atoms with Crippen LogP contribution in [0.5, 0.6) is 0 Å². The van der Waals surface area contributed by atoms with Crippen LogP contribution in [0.15, 0.2) is 60.7 Å². The second-order valence-electron chi connectivity index (χ2n) is 4.00. The van der Waals surface area contributed by atoms with Crippen LogP contribution >= 0.6 is 0 Å². The van der Waals surface area contributed by atoms with Crippen molar-refractivity contribution < 1.29 is 9.53 Å². The average molecular weight is 241 g/mol. The molecule has 2 aromatic carbocycles. The number of carbonyl (C=O) groups is 1. The molecular weight excluding hydrogens is 226 g/mol. The van der Waals surface area contributed by atoms with Crippen LogP contribution in [0.1, 0.15) is 15.9 Å². The lowest BCUT2D eigenvalue weighted by Gasteiger charge is -2.26. The van der Waals surface area contributed by atoms with Crippen molar-refractivity contribution in [1.29, 1.82) is 0 Å². The number of hydrogen-bond donors (Lipinski definition) is 1. The lowest BCUT2D eigenvalue weighted by molar-refractivity contribution is 0.00261. The Morgan fingerprint density at radius 2 is 1.50 bits per heavy atom. The zero-order valence-electron chi connectivity index (χ0n) is 10.2. The van der Waals surface area contributed by atoms with E-state index in [4.69, 9.17) is 10.5 Å². The Hall–Kier alpha value is -1.97. The molecule has 0 spiro atoms. The molecule has 0 heterocycles. The molecule has 1 atom stereocenters. The van der Waals surface area contributed by atoms with Gasteiger partial charge in [-0.1, -0.05) is 60.7 Å². The highest BCUT2D eigenvalue weighted by Gasteiger charge is 2.36. The van der Waals surface area contributed by atoms with E-state index in [0.29, 0.717) is 11.1 Å². The van der Waals surface area contributed by atoms with Crippen LogP contribution in [0.4, 0.5) is 0 Å². The summed E-state index contributed by atoms with van der Waals surface area (Å²) >= 11 is 0. The molecule has 2 rings (SSSR count). The first-order valence-electron chi connectivity index (χ1n) is 5.68. The first-order valence-corrected chi connectivity index (χ1v) is 5.68. The smallest absolute Gasteiger partial charge is 0.214 e. The third-order valence-corrected chi connectivity index (χ3v) is 2.90. The van der Waals surface area contributed by atoms with Crippen LogP contribution in [0.3, 0.4) is 0 Å². The van der Waals surface area contributed by atoms with E-state index in [-0.39, 0.29) is 5.78 Å². The molecule has 0 saturated heterocycles. The predicted octanol–water partition coefficient (Wildman–Crippen LogP) is 2.33. The molecule has 0 saturated carbocycles. The standard InChI is InChI=1S/C15H15NO2/c1-18-15(16,13-10-6-3-7-11-13)14(17)12-8-4-2-5-9-12/h2-11H,16H2,1H3. The van der Waals surface area contributed by atoms with Crippen molar-refractivity contribution in [3.8, 4) is 0 Å². The Morgan fingerprint density at radius 1 is 1.00 bits per heavy atom. The molecule has 3 nitrogen and oxygen atoms in total. The summed E-state index contributed by atoms with van der Waals surface area (Å²) in [5.74, 6) is -0.253. The van der Waals surface area contributed by atoms with Gasteiger partial charge >= 0.3 is 0 Å². The van der Waals surface area contributed by atoms with Crippen molar-refractivity contribution >= 4 is 5.78 Å². The van der Waals surface area contributed by atoms with Gasteiger partial charge in [-0.3, -0.25) is 10.5 Å². The molecule has 0 aliphatic rings. The summed E-state index contributed by atoms with van der Waals surface area (Å²) in [5, 5.41) is 0. The summed E-state index contributed by atoms with van der Waals surface area (Å²) in [4.78, 5) is 12.4. The monoisotopic (exact) mass is 241 g/mol. The molecule has 0 bridgehead atoms. The number of benzene rings is 2. The second kappa shape index (κ2) is 5.12. The molecule has 0 aliphatic heterocycles. The van der Waals surface area contributed by atoms with Crippen molar-refractivity contribution in [1.82, 2.24) is 0 Å². The van der Waals surface area contributed by atoms with Gasteiger partial charge in [-0.05, 0) is 0 Å². The highest BCUT2D eigenvalue weighted by atomic mass is 16.5. The van der Waals surface area contributed by atoms with Gasteiger partial charge in [-0.25, -0.2) is 0 Å². The molecular formula is C15H15NO2. The second-order valence-corrected chi connectivity index (χ2v) is 4.00. The van der Waals surface area contributed by atoms with Gasteiger partial charge in [0.1, 0.15) is 0 Å². The molecule has 0 amide bonds. The summed E-state index contributed by atoms with van der Waals surface area (Å²) in [6.07, 6.45) is 0. The molecule has 1 unspecified atom stereocenters. The maximum Gasteiger partial charge on any atom is 0.214 e. The van der Waals surface area contributed by atoms with Gasteiger partial charge in [0.05, 0.1) is 0 Å². The lowest BCUT2D eigenvalue weighted by atomic mass is 9.94. The highest BCUT2D eigenvalue weighted by molar-refractivity contribution is 6.02. The van der Waals surface area contributed by atoms with Crippen LogP contribution in [-0.4, -0.2) is 12.9 Å². The molecule has 0 radical (unpaired) electrons. The number of methoxy groups -OCH3 is 1. The molecule has 0 aromatic heterocycles. The van der Waals surface area contributed by atoms with Crippen molar-refractivity contribution in [3.05, 3.63) is 71.8 Å². The van der Waals surface area contributed by atoms with Crippen LogP contribution in [0, 0.1) is 0 Å². The van der Waals surface area contributed by atoms with Gasteiger partial charge in [0.15, 0.2) is 0 Å². The SMILES string of the molecule is COC(N)(C(=O)c1ccccc1)c1ccccc1. The Bertz CT molecular complexity index is 525. The molecule has 3 heteroatoms. The van der Waals surface area contributed by atoms with E-state index in [1.807, 2.05) is 24.3 Å². The summed E-state index contributed by atoms with van der Waals surface area (Å²) in [5.41, 5.74) is 5.85. The highest BCUT2D eigenvalue weighted by Crippen LogP contribution is 2.23. The fourth-order valence-corrected chi connectivity index (χ4v) is 1.83. The number of ketones is 1. The topological polar surface area (TPSA) is 52.3 Å². The van der Waals surface area contributed by atoms with E-state index in [9.17, 15) is 4.79 Å². The Morgan fingerprint density at radius 3 is 2.00 bits per heavy atom. The Balaban J connectivity index is 2.43. The van der Waals surface area contributed by atoms with Gasteiger partial charge < -0.3 is 4.74 Å². The minimum atomic E-state index is -1.44. The normalized spacial score (nSPS) is 13.9. The maximum atomic E-state index is 12.4. The third-order valence-electron chi connectivity index (χ3n) is 2.90. The molecule has 92 valence electrons. The fraction of sp³-hybridized carbons (Fsp3) is 0.133. The van der Waals surface area contributed by atoms with Gasteiger partial charge in [0.2, 0.25) is 11.5 Å². The molecule has 2 N–H and O–H groups in total. The quantitative estimate of drug-likeness (QED) is 0.660. The van der Waals surface area contributed by atoms with Crippen molar-refractivity contribution in [2.24, 2.45) is 5.73 Å². The number of Topliss-reactive ketones (excluding diaryl/α,β-unsaturated/α-hetero) is 1. The van der Waals surface area contributed by atoms with E-state index in [1.54, 1.807) is 36.4 Å². The van der Waals surface area contributed by atoms with E-state index < -0.39 is 5.72 Å². The predicted molar refractivity (Wildman–Crippen MR) is 70.1 cm³/mol.